The van der Waals surface area contributed by atoms with Crippen LogP contribution in [-0.4, -0.2) is 39.8 Å². The quantitative estimate of drug-likeness (QED) is 0.382. The molecule has 1 atom stereocenters. The van der Waals surface area contributed by atoms with Gasteiger partial charge >= 0.3 is 0 Å². The van der Waals surface area contributed by atoms with Gasteiger partial charge < -0.3 is 14.9 Å². The number of aliphatic hydroxyl groups is 1. The summed E-state index contributed by atoms with van der Waals surface area (Å²) in [5.74, 6) is -1.35. The molecule has 188 valence electrons. The maximum Gasteiger partial charge on any atom is 0.290 e. The highest BCUT2D eigenvalue weighted by atomic mass is 32.1. The minimum Gasteiger partial charge on any atom is -0.503 e. The van der Waals surface area contributed by atoms with E-state index in [0.29, 0.717) is 10.6 Å². The van der Waals surface area contributed by atoms with E-state index in [-0.39, 0.29) is 17.9 Å². The van der Waals surface area contributed by atoms with Gasteiger partial charge in [0, 0.05) is 25.3 Å². The lowest BCUT2D eigenvalue weighted by atomic mass is 9.94. The van der Waals surface area contributed by atoms with Gasteiger partial charge in [-0.2, -0.15) is 0 Å². The molecule has 0 saturated carbocycles. The van der Waals surface area contributed by atoms with Gasteiger partial charge in [0.05, 0.1) is 27.2 Å². The number of amides is 1. The van der Waals surface area contributed by atoms with Crippen LogP contribution in [0.3, 0.4) is 0 Å². The molecule has 1 aromatic heterocycles. The van der Waals surface area contributed by atoms with Gasteiger partial charge in [-0.15, -0.1) is 11.3 Å². The molecule has 1 aliphatic heterocycles. The molecule has 0 radical (unpaired) electrons. The third-order valence-electron chi connectivity index (χ3n) is 6.84. The highest BCUT2D eigenvalue weighted by Crippen LogP contribution is 2.41. The van der Waals surface area contributed by atoms with E-state index in [0.717, 1.165) is 46.0 Å². The minimum absolute atomic E-state index is 0.118. The number of hydrogen-bond acceptors (Lipinski definition) is 6. The molecule has 0 bridgehead atoms. The number of Topliss-reactive ketones (excluding diaryl/α,β-unsaturated/α-hetero) is 1. The lowest BCUT2D eigenvalue weighted by Gasteiger charge is -2.28. The minimum atomic E-state index is -0.697. The van der Waals surface area contributed by atoms with Crippen LogP contribution in [0.1, 0.15) is 62.5 Å². The fraction of sp³-hybridized carbons (Fsp3) is 0.345. The summed E-state index contributed by atoms with van der Waals surface area (Å²) in [6.45, 7) is 13.9. The molecule has 2 heterocycles. The normalized spacial score (nSPS) is 15.7. The summed E-state index contributed by atoms with van der Waals surface area (Å²) < 4.78 is 0. The fourth-order valence-corrected chi connectivity index (χ4v) is 5.74. The van der Waals surface area contributed by atoms with E-state index in [1.807, 2.05) is 57.2 Å². The molecule has 3 aromatic rings. The van der Waals surface area contributed by atoms with Crippen molar-refractivity contribution in [3.05, 3.63) is 91.6 Å². The number of aromatic nitrogens is 1. The first-order valence-electron chi connectivity index (χ1n) is 12.3. The molecule has 0 saturated heterocycles. The molecular weight excluding hydrogens is 470 g/mol. The number of hydrogen-bond donors (Lipinski definition) is 1. The van der Waals surface area contributed by atoms with Crippen molar-refractivity contribution in [1.29, 1.82) is 0 Å². The number of ketones is 1. The third-order valence-corrected chi connectivity index (χ3v) is 7.91. The Bertz CT molecular complexity index is 1340. The Hall–Kier alpha value is -3.45. The highest BCUT2D eigenvalue weighted by molar-refractivity contribution is 7.14. The molecule has 1 amide bonds. The Morgan fingerprint density at radius 2 is 1.72 bits per heavy atom. The largest absolute Gasteiger partial charge is 0.503 e. The molecule has 0 spiro atoms. The van der Waals surface area contributed by atoms with E-state index in [2.05, 4.69) is 29.8 Å². The summed E-state index contributed by atoms with van der Waals surface area (Å²) in [7, 11) is 0. The van der Waals surface area contributed by atoms with Gasteiger partial charge in [-0.3, -0.25) is 9.59 Å². The lowest BCUT2D eigenvalue weighted by molar-refractivity contribution is -0.130. The Morgan fingerprint density at radius 3 is 2.31 bits per heavy atom. The summed E-state index contributed by atoms with van der Waals surface area (Å²) in [6.07, 6.45) is 0. The molecule has 1 unspecified atom stereocenters. The number of carbonyl (C=O) groups is 2. The van der Waals surface area contributed by atoms with Crippen molar-refractivity contribution in [3.8, 4) is 0 Å². The van der Waals surface area contributed by atoms with Crippen molar-refractivity contribution < 1.29 is 14.7 Å². The van der Waals surface area contributed by atoms with Crippen LogP contribution in [0, 0.1) is 27.7 Å². The van der Waals surface area contributed by atoms with Crippen LogP contribution in [-0.2, 0) is 11.3 Å². The zero-order valence-corrected chi connectivity index (χ0v) is 22.6. The van der Waals surface area contributed by atoms with Crippen molar-refractivity contribution >= 4 is 28.7 Å². The summed E-state index contributed by atoms with van der Waals surface area (Å²) in [5.41, 5.74) is 5.72. The van der Waals surface area contributed by atoms with E-state index >= 15 is 0 Å². The predicted octanol–water partition coefficient (Wildman–Crippen LogP) is 6.00. The first-order valence-corrected chi connectivity index (χ1v) is 13.1. The number of nitrogens with zero attached hydrogens (tertiary/aromatic N) is 3. The van der Waals surface area contributed by atoms with Crippen LogP contribution in [0.2, 0.25) is 0 Å². The summed E-state index contributed by atoms with van der Waals surface area (Å²) in [4.78, 5) is 35.9. The third kappa shape index (κ3) is 4.67. The van der Waals surface area contributed by atoms with E-state index in [1.54, 1.807) is 11.8 Å². The zero-order chi connectivity index (χ0) is 26.1. The molecule has 2 aromatic carbocycles. The number of anilines is 1. The second-order valence-corrected chi connectivity index (χ2v) is 10.5. The average molecular weight is 504 g/mol. The Balaban J connectivity index is 1.82. The summed E-state index contributed by atoms with van der Waals surface area (Å²) >= 11 is 1.29. The van der Waals surface area contributed by atoms with Crippen LogP contribution < -0.4 is 4.90 Å². The lowest BCUT2D eigenvalue weighted by Crippen LogP contribution is -2.31. The second-order valence-electron chi connectivity index (χ2n) is 9.27. The first kappa shape index (κ1) is 25.6. The Labute approximate surface area is 216 Å². The van der Waals surface area contributed by atoms with Crippen LogP contribution in [0.25, 0.3) is 0 Å². The number of thiazole rings is 1. The molecule has 1 aliphatic rings. The van der Waals surface area contributed by atoms with Crippen molar-refractivity contribution in [3.63, 3.8) is 0 Å². The van der Waals surface area contributed by atoms with Gasteiger partial charge in [0.1, 0.15) is 0 Å². The van der Waals surface area contributed by atoms with Gasteiger partial charge in [0.2, 0.25) is 5.78 Å². The van der Waals surface area contributed by atoms with Crippen LogP contribution in [0.5, 0.6) is 0 Å². The number of rotatable bonds is 8. The van der Waals surface area contributed by atoms with Crippen molar-refractivity contribution in [1.82, 2.24) is 9.88 Å². The topological polar surface area (TPSA) is 73.7 Å². The average Bonchev–Trinajstić information content (AvgIpc) is 3.32. The zero-order valence-electron chi connectivity index (χ0n) is 21.8. The molecule has 6 nitrogen and oxygen atoms in total. The van der Waals surface area contributed by atoms with Crippen molar-refractivity contribution in [2.24, 2.45) is 0 Å². The monoisotopic (exact) mass is 503 g/mol. The van der Waals surface area contributed by atoms with Gasteiger partial charge in [-0.1, -0.05) is 35.9 Å². The van der Waals surface area contributed by atoms with Crippen molar-refractivity contribution in [2.45, 2.75) is 54.1 Å². The number of carbonyl (C=O) groups excluding carboxylic acids is 2. The van der Waals surface area contributed by atoms with E-state index in [4.69, 9.17) is 0 Å². The van der Waals surface area contributed by atoms with E-state index < -0.39 is 17.7 Å². The van der Waals surface area contributed by atoms with Crippen LogP contribution in [0.4, 0.5) is 5.69 Å². The molecule has 4 rings (SSSR count). The fourth-order valence-electron chi connectivity index (χ4n) is 4.87. The van der Waals surface area contributed by atoms with Crippen molar-refractivity contribution in [2.75, 3.05) is 18.0 Å². The maximum absolute atomic E-state index is 13.8. The number of benzene rings is 2. The second kappa shape index (κ2) is 10.3. The first-order chi connectivity index (χ1) is 17.2. The summed E-state index contributed by atoms with van der Waals surface area (Å²) in [5, 5.41) is 11.8. The number of aliphatic hydroxyl groups excluding tert-OH is 1. The van der Waals surface area contributed by atoms with Gasteiger partial charge in [0.25, 0.3) is 5.91 Å². The van der Waals surface area contributed by atoms with Gasteiger partial charge in [-0.25, -0.2) is 4.98 Å². The van der Waals surface area contributed by atoms with Gasteiger partial charge in [-0.05, 0) is 70.4 Å². The molecule has 0 fully saturated rings. The predicted molar refractivity (Wildman–Crippen MR) is 145 cm³/mol. The molecule has 1 N–H and O–H groups in total. The molecule has 36 heavy (non-hydrogen) atoms. The maximum atomic E-state index is 13.8. The Kier molecular flexibility index (Phi) is 7.31. The standard InChI is InChI=1S/C29H33N3O3S/c1-7-31(8-2)23-13-11-21(12-14-23)25-24(26(33)28-19(5)30-20(6)36-28)27(34)29(35)32(25)16-22-15-17(3)9-10-18(22)4/h9-15,25,34H,7-8,16H2,1-6H3. The van der Waals surface area contributed by atoms with E-state index in [1.165, 1.54) is 11.3 Å². The molecule has 0 aliphatic carbocycles. The van der Waals surface area contributed by atoms with E-state index in [9.17, 15) is 14.7 Å². The summed E-state index contributed by atoms with van der Waals surface area (Å²) in [6, 6.07) is 13.4. The smallest absolute Gasteiger partial charge is 0.290 e. The number of aryl methyl sites for hydroxylation is 4. The van der Waals surface area contributed by atoms with Crippen LogP contribution in [0.15, 0.2) is 53.8 Å². The molecule has 7 heteroatoms. The SMILES string of the molecule is CCN(CC)c1ccc(C2C(C(=O)c3sc(C)nc3C)=C(O)C(=O)N2Cc2cc(C)ccc2C)cc1. The van der Waals surface area contributed by atoms with Gasteiger partial charge in [0.15, 0.2) is 5.76 Å². The molecular formula is C29H33N3O3S. The highest BCUT2D eigenvalue weighted by Gasteiger charge is 2.44. The van der Waals surface area contributed by atoms with Crippen LogP contribution >= 0.6 is 11.3 Å². The Morgan fingerprint density at radius 1 is 1.06 bits per heavy atom.